The fourth-order valence-electron chi connectivity index (χ4n) is 8.72. The third-order valence-corrected chi connectivity index (χ3v) is 13.5. The Bertz CT molecular complexity index is 1540. The van der Waals surface area contributed by atoms with Crippen LogP contribution in [0.25, 0.3) is 0 Å². The van der Waals surface area contributed by atoms with Crippen molar-refractivity contribution in [2.75, 3.05) is 13.2 Å². The molecular formula is C70H118O6. The maximum absolute atomic E-state index is 12.9. The number of esters is 3. The zero-order valence-electron chi connectivity index (χ0n) is 49.7. The Labute approximate surface area is 470 Å². The molecule has 0 amide bonds. The fraction of sp³-hybridized carbons (Fsp3) is 0.700. The van der Waals surface area contributed by atoms with Crippen molar-refractivity contribution in [2.24, 2.45) is 0 Å². The van der Waals surface area contributed by atoms with E-state index in [9.17, 15) is 14.4 Å². The Hall–Kier alpha value is -3.93. The Kier molecular flexibility index (Phi) is 60.3. The number of rotatable bonds is 57. The smallest absolute Gasteiger partial charge is 0.306 e. The minimum absolute atomic E-state index is 0.105. The number of unbranched alkanes of at least 4 members (excludes halogenated alkanes) is 28. The van der Waals surface area contributed by atoms with Crippen LogP contribution in [0.15, 0.2) is 109 Å². The lowest BCUT2D eigenvalue weighted by Crippen LogP contribution is -2.30. The van der Waals surface area contributed by atoms with Crippen LogP contribution in [0, 0.1) is 0 Å². The van der Waals surface area contributed by atoms with Crippen LogP contribution in [0.5, 0.6) is 0 Å². The van der Waals surface area contributed by atoms with E-state index < -0.39 is 6.10 Å². The topological polar surface area (TPSA) is 78.9 Å². The molecule has 76 heavy (non-hydrogen) atoms. The number of ether oxygens (including phenoxy) is 3. The van der Waals surface area contributed by atoms with Gasteiger partial charge in [-0.05, 0) is 122 Å². The van der Waals surface area contributed by atoms with Crippen molar-refractivity contribution in [3.8, 4) is 0 Å². The molecule has 0 aromatic heterocycles. The Morgan fingerprint density at radius 3 is 0.855 bits per heavy atom. The predicted octanol–water partition coefficient (Wildman–Crippen LogP) is 21.8. The van der Waals surface area contributed by atoms with Gasteiger partial charge in [-0.25, -0.2) is 0 Å². The summed E-state index contributed by atoms with van der Waals surface area (Å²) in [6, 6.07) is 0. The van der Waals surface area contributed by atoms with Crippen LogP contribution in [0.1, 0.15) is 297 Å². The number of carbonyl (C=O) groups excluding carboxylic acids is 3. The van der Waals surface area contributed by atoms with Crippen LogP contribution < -0.4 is 0 Å². The molecule has 1 unspecified atom stereocenters. The van der Waals surface area contributed by atoms with E-state index in [0.29, 0.717) is 19.3 Å². The summed E-state index contributed by atoms with van der Waals surface area (Å²) in [4.78, 5) is 38.3. The second kappa shape index (κ2) is 63.6. The van der Waals surface area contributed by atoms with Crippen LogP contribution in [-0.2, 0) is 28.6 Å². The van der Waals surface area contributed by atoms with E-state index in [-0.39, 0.29) is 37.5 Å². The Morgan fingerprint density at radius 1 is 0.276 bits per heavy atom. The monoisotopic (exact) mass is 1050 g/mol. The van der Waals surface area contributed by atoms with Gasteiger partial charge in [0.05, 0.1) is 0 Å². The van der Waals surface area contributed by atoms with Gasteiger partial charge in [0.15, 0.2) is 6.10 Å². The summed E-state index contributed by atoms with van der Waals surface area (Å²) in [5.74, 6) is -0.969. The average Bonchev–Trinajstić information content (AvgIpc) is 3.42. The van der Waals surface area contributed by atoms with Crippen LogP contribution in [0.4, 0.5) is 0 Å². The predicted molar refractivity (Wildman–Crippen MR) is 330 cm³/mol. The molecule has 6 heteroatoms. The van der Waals surface area contributed by atoms with Gasteiger partial charge >= 0.3 is 17.9 Å². The second-order valence-corrected chi connectivity index (χ2v) is 20.9. The lowest BCUT2D eigenvalue weighted by molar-refractivity contribution is -0.167. The summed E-state index contributed by atoms with van der Waals surface area (Å²) in [6.07, 6.45) is 86.7. The molecule has 0 aromatic rings. The third kappa shape index (κ3) is 60.9. The second-order valence-electron chi connectivity index (χ2n) is 20.9. The molecule has 0 saturated heterocycles. The van der Waals surface area contributed by atoms with Crippen molar-refractivity contribution in [1.29, 1.82) is 0 Å². The van der Waals surface area contributed by atoms with Crippen molar-refractivity contribution in [2.45, 2.75) is 303 Å². The van der Waals surface area contributed by atoms with Crippen LogP contribution in [-0.4, -0.2) is 37.2 Å². The highest BCUT2D eigenvalue weighted by molar-refractivity contribution is 5.71. The maximum Gasteiger partial charge on any atom is 0.306 e. The molecule has 6 nitrogen and oxygen atoms in total. The molecule has 434 valence electrons. The van der Waals surface area contributed by atoms with Gasteiger partial charge in [0.2, 0.25) is 0 Å². The highest BCUT2D eigenvalue weighted by atomic mass is 16.6. The molecule has 0 aliphatic carbocycles. The SMILES string of the molecule is CC/C=C\C/C=C\C/C=C\C/C=C\C/C=C\CCCC(=O)OC(COC(=O)CCCCCCC/C=C\CCCCCCC)COC(=O)CCCCCCCCCCCCCC/C=C\C/C=C\C/C=C\CCCCCCC. The number of hydrogen-bond acceptors (Lipinski definition) is 6. The van der Waals surface area contributed by atoms with Gasteiger partial charge in [0.25, 0.3) is 0 Å². The molecule has 0 spiro atoms. The quantitative estimate of drug-likeness (QED) is 0.0261. The summed E-state index contributed by atoms with van der Waals surface area (Å²) in [7, 11) is 0. The van der Waals surface area contributed by atoms with Gasteiger partial charge in [-0.3, -0.25) is 14.4 Å². The first kappa shape index (κ1) is 72.1. The molecule has 0 radical (unpaired) electrons. The zero-order chi connectivity index (χ0) is 55.0. The molecule has 0 aliphatic heterocycles. The lowest BCUT2D eigenvalue weighted by atomic mass is 10.0. The first-order chi connectivity index (χ1) is 37.5. The summed E-state index contributed by atoms with van der Waals surface area (Å²) in [6.45, 7) is 6.46. The first-order valence-corrected chi connectivity index (χ1v) is 31.9. The standard InChI is InChI=1S/C70H118O6/c1-4-7-10-13-16-19-22-25-28-30-31-32-33-34-35-36-37-38-39-41-42-45-48-51-54-57-60-63-69(72)75-66-67(65-74-68(71)62-59-56-53-50-47-44-27-24-21-18-15-12-9-6-3)76-70(73)64-61-58-55-52-49-46-43-40-29-26-23-20-17-14-11-8-5-2/h8,11,17,20,22,24-27,29-31,33-34,43,46,52,55,67H,4-7,9-10,12-16,18-19,21,23,28,32,35-42,44-45,47-51,53-54,56-66H2,1-3H3/b11-8-,20-17-,25-22-,27-24-,29-26-,31-30-,34-33-,46-43-,55-52-. The number of allylic oxidation sites excluding steroid dienone is 18. The first-order valence-electron chi connectivity index (χ1n) is 31.9. The molecular weight excluding hydrogens is 937 g/mol. The van der Waals surface area contributed by atoms with E-state index in [1.807, 2.05) is 0 Å². The summed E-state index contributed by atoms with van der Waals surface area (Å²) in [5, 5.41) is 0. The maximum atomic E-state index is 12.9. The van der Waals surface area contributed by atoms with Crippen molar-refractivity contribution in [1.82, 2.24) is 0 Å². The van der Waals surface area contributed by atoms with Gasteiger partial charge in [-0.15, -0.1) is 0 Å². The van der Waals surface area contributed by atoms with Gasteiger partial charge in [-0.1, -0.05) is 265 Å². The van der Waals surface area contributed by atoms with E-state index in [2.05, 4.69) is 130 Å². The van der Waals surface area contributed by atoms with E-state index in [0.717, 1.165) is 103 Å². The normalized spacial score (nSPS) is 12.8. The molecule has 0 heterocycles. The van der Waals surface area contributed by atoms with Crippen molar-refractivity contribution in [3.63, 3.8) is 0 Å². The van der Waals surface area contributed by atoms with Gasteiger partial charge in [0, 0.05) is 19.3 Å². The van der Waals surface area contributed by atoms with E-state index >= 15 is 0 Å². The van der Waals surface area contributed by atoms with Gasteiger partial charge in [0.1, 0.15) is 13.2 Å². The van der Waals surface area contributed by atoms with Gasteiger partial charge in [-0.2, -0.15) is 0 Å². The highest BCUT2D eigenvalue weighted by Gasteiger charge is 2.19. The Morgan fingerprint density at radius 2 is 0.526 bits per heavy atom. The van der Waals surface area contributed by atoms with Gasteiger partial charge < -0.3 is 14.2 Å². The van der Waals surface area contributed by atoms with E-state index in [1.54, 1.807) is 0 Å². The van der Waals surface area contributed by atoms with Crippen LogP contribution in [0.2, 0.25) is 0 Å². The zero-order valence-corrected chi connectivity index (χ0v) is 49.7. The number of carbonyl (C=O) groups is 3. The van der Waals surface area contributed by atoms with E-state index in [4.69, 9.17) is 14.2 Å². The van der Waals surface area contributed by atoms with Crippen molar-refractivity contribution < 1.29 is 28.6 Å². The summed E-state index contributed by atoms with van der Waals surface area (Å²) in [5.41, 5.74) is 0. The van der Waals surface area contributed by atoms with Crippen molar-refractivity contribution in [3.05, 3.63) is 109 Å². The fourth-order valence-corrected chi connectivity index (χ4v) is 8.72. The molecule has 0 aliphatic rings. The Balaban J connectivity index is 4.37. The third-order valence-electron chi connectivity index (χ3n) is 13.5. The largest absolute Gasteiger partial charge is 0.462 e. The molecule has 0 N–H and O–H groups in total. The average molecular weight is 1060 g/mol. The van der Waals surface area contributed by atoms with E-state index in [1.165, 1.54) is 148 Å². The highest BCUT2D eigenvalue weighted by Crippen LogP contribution is 2.15. The molecule has 0 rings (SSSR count). The van der Waals surface area contributed by atoms with Crippen LogP contribution in [0.3, 0.4) is 0 Å². The summed E-state index contributed by atoms with van der Waals surface area (Å²) < 4.78 is 16.9. The number of hydrogen-bond donors (Lipinski definition) is 0. The lowest BCUT2D eigenvalue weighted by Gasteiger charge is -2.18. The molecule has 0 bridgehead atoms. The van der Waals surface area contributed by atoms with Crippen LogP contribution >= 0.6 is 0 Å². The molecule has 1 atom stereocenters. The molecule has 0 aromatic carbocycles. The molecule has 0 saturated carbocycles. The summed E-state index contributed by atoms with van der Waals surface area (Å²) >= 11 is 0. The van der Waals surface area contributed by atoms with Crippen molar-refractivity contribution >= 4 is 17.9 Å². The minimum atomic E-state index is -0.814. The molecule has 0 fully saturated rings. The minimum Gasteiger partial charge on any atom is -0.462 e.